The van der Waals surface area contributed by atoms with Crippen LogP contribution in [0.3, 0.4) is 0 Å². The number of carbonyl (C=O) groups is 2. The predicted molar refractivity (Wildman–Crippen MR) is 78.5 cm³/mol. The first-order chi connectivity index (χ1) is 10.1. The Morgan fingerprint density at radius 2 is 2.10 bits per heavy atom. The van der Waals surface area contributed by atoms with Gasteiger partial charge in [-0.2, -0.15) is 0 Å². The molecule has 1 fully saturated rings. The lowest BCUT2D eigenvalue weighted by atomic mass is 10.2. The van der Waals surface area contributed by atoms with Gasteiger partial charge in [0.15, 0.2) is 0 Å². The molecule has 1 amide bonds. The summed E-state index contributed by atoms with van der Waals surface area (Å²) in [6.07, 6.45) is 2.48. The van der Waals surface area contributed by atoms with E-state index in [-0.39, 0.29) is 18.2 Å². The number of hydrogen-bond acceptors (Lipinski definition) is 3. The quantitative estimate of drug-likeness (QED) is 0.723. The summed E-state index contributed by atoms with van der Waals surface area (Å²) in [6.45, 7) is 0.359. The minimum atomic E-state index is -0.960. The smallest absolute Gasteiger partial charge is 0.326 e. The number of aliphatic carboxylic acids is 1. The molecule has 2 rings (SSSR count). The number of amides is 1. The van der Waals surface area contributed by atoms with E-state index in [1.165, 1.54) is 0 Å². The predicted octanol–water partition coefficient (Wildman–Crippen LogP) is 2.48. The third-order valence-electron chi connectivity index (χ3n) is 3.32. The summed E-state index contributed by atoms with van der Waals surface area (Å²) in [7, 11) is 0. The number of carboxylic acids is 1. The summed E-state index contributed by atoms with van der Waals surface area (Å²) < 4.78 is 5.47. The van der Waals surface area contributed by atoms with Crippen molar-refractivity contribution in [3.05, 3.63) is 29.3 Å². The van der Waals surface area contributed by atoms with E-state index in [1.807, 2.05) is 12.1 Å². The molecule has 0 aliphatic heterocycles. The molecule has 0 radical (unpaired) electrons. The molecule has 0 spiro atoms. The van der Waals surface area contributed by atoms with Gasteiger partial charge in [-0.25, -0.2) is 4.79 Å². The fraction of sp³-hybridized carbons (Fsp3) is 0.467. The van der Waals surface area contributed by atoms with Crippen LogP contribution in [0.1, 0.15) is 25.7 Å². The van der Waals surface area contributed by atoms with Gasteiger partial charge in [0.05, 0.1) is 11.6 Å². The molecule has 0 heterocycles. The van der Waals surface area contributed by atoms with Crippen LogP contribution in [0.2, 0.25) is 5.02 Å². The molecule has 1 aliphatic rings. The van der Waals surface area contributed by atoms with Crippen LogP contribution >= 0.6 is 11.6 Å². The number of carboxylic acid groups (broad SMARTS) is 1. The number of ether oxygens (including phenoxy) is 1. The number of benzene rings is 1. The SMILES string of the molecule is O=C(CCCOc1ccccc1Cl)NC(C(=O)O)C1CC1. The first-order valence-electron chi connectivity index (χ1n) is 6.97. The number of hydrogen-bond donors (Lipinski definition) is 2. The maximum absolute atomic E-state index is 11.7. The maximum atomic E-state index is 11.7. The highest BCUT2D eigenvalue weighted by Crippen LogP contribution is 2.32. The summed E-state index contributed by atoms with van der Waals surface area (Å²) in [4.78, 5) is 22.7. The molecule has 2 N–H and O–H groups in total. The number of carbonyl (C=O) groups excluding carboxylic acids is 1. The van der Waals surface area contributed by atoms with Crippen molar-refractivity contribution in [2.75, 3.05) is 6.61 Å². The summed E-state index contributed by atoms with van der Waals surface area (Å²) in [5.41, 5.74) is 0. The summed E-state index contributed by atoms with van der Waals surface area (Å²) in [5, 5.41) is 12.1. The second kappa shape index (κ2) is 7.31. The third-order valence-corrected chi connectivity index (χ3v) is 3.63. The third kappa shape index (κ3) is 4.93. The molecule has 0 bridgehead atoms. The van der Waals surface area contributed by atoms with Crippen molar-refractivity contribution < 1.29 is 19.4 Å². The van der Waals surface area contributed by atoms with Crippen LogP contribution in [-0.2, 0) is 9.59 Å². The van der Waals surface area contributed by atoms with Gasteiger partial charge in [-0.15, -0.1) is 0 Å². The van der Waals surface area contributed by atoms with Crippen molar-refractivity contribution in [3.8, 4) is 5.75 Å². The Bertz CT molecular complexity index is 516. The van der Waals surface area contributed by atoms with Crippen molar-refractivity contribution in [1.29, 1.82) is 0 Å². The first-order valence-corrected chi connectivity index (χ1v) is 7.35. The fourth-order valence-corrected chi connectivity index (χ4v) is 2.22. The van der Waals surface area contributed by atoms with Gasteiger partial charge < -0.3 is 15.2 Å². The minimum absolute atomic E-state index is 0.0887. The topological polar surface area (TPSA) is 75.6 Å². The molecule has 21 heavy (non-hydrogen) atoms. The number of nitrogens with one attached hydrogen (secondary N) is 1. The molecule has 1 aromatic rings. The largest absolute Gasteiger partial charge is 0.492 e. The van der Waals surface area contributed by atoms with E-state index in [9.17, 15) is 9.59 Å². The zero-order valence-corrected chi connectivity index (χ0v) is 12.3. The van der Waals surface area contributed by atoms with Crippen LogP contribution in [0.4, 0.5) is 0 Å². The van der Waals surface area contributed by atoms with E-state index in [1.54, 1.807) is 12.1 Å². The van der Waals surface area contributed by atoms with Crippen molar-refractivity contribution in [2.45, 2.75) is 31.7 Å². The zero-order valence-electron chi connectivity index (χ0n) is 11.5. The van der Waals surface area contributed by atoms with E-state index in [2.05, 4.69) is 5.32 Å². The second-order valence-corrected chi connectivity index (χ2v) is 5.51. The molecule has 1 aromatic carbocycles. The Labute approximate surface area is 128 Å². The molecule has 1 saturated carbocycles. The van der Waals surface area contributed by atoms with Gasteiger partial charge in [-0.3, -0.25) is 4.79 Å². The van der Waals surface area contributed by atoms with Gasteiger partial charge in [-0.05, 0) is 37.3 Å². The van der Waals surface area contributed by atoms with Gasteiger partial charge in [-0.1, -0.05) is 23.7 Å². The Kier molecular flexibility index (Phi) is 5.44. The van der Waals surface area contributed by atoms with Gasteiger partial charge in [0.2, 0.25) is 5.91 Å². The number of rotatable bonds is 8. The zero-order chi connectivity index (χ0) is 15.2. The molecule has 1 atom stereocenters. The second-order valence-electron chi connectivity index (χ2n) is 5.10. The molecular weight excluding hydrogens is 294 g/mol. The molecule has 1 unspecified atom stereocenters. The highest BCUT2D eigenvalue weighted by Gasteiger charge is 2.37. The molecule has 6 heteroatoms. The Morgan fingerprint density at radius 3 is 2.71 bits per heavy atom. The van der Waals surface area contributed by atoms with Gasteiger partial charge in [0.1, 0.15) is 11.8 Å². The van der Waals surface area contributed by atoms with E-state index >= 15 is 0 Å². The van der Waals surface area contributed by atoms with Crippen LogP contribution in [0, 0.1) is 5.92 Å². The van der Waals surface area contributed by atoms with Crippen molar-refractivity contribution in [1.82, 2.24) is 5.32 Å². The lowest BCUT2D eigenvalue weighted by Crippen LogP contribution is -2.42. The summed E-state index contributed by atoms with van der Waals surface area (Å²) in [5.74, 6) is -0.540. The van der Waals surface area contributed by atoms with Crippen LogP contribution in [0.25, 0.3) is 0 Å². The molecule has 0 saturated heterocycles. The van der Waals surface area contributed by atoms with Gasteiger partial charge in [0, 0.05) is 6.42 Å². The number of halogens is 1. The standard InChI is InChI=1S/C15H18ClNO4/c16-11-4-1-2-5-12(11)21-9-3-6-13(18)17-14(15(19)20)10-7-8-10/h1-2,4-5,10,14H,3,6-9H2,(H,17,18)(H,19,20). The van der Waals surface area contributed by atoms with E-state index in [0.29, 0.717) is 23.8 Å². The minimum Gasteiger partial charge on any atom is -0.492 e. The monoisotopic (exact) mass is 311 g/mol. The maximum Gasteiger partial charge on any atom is 0.326 e. The highest BCUT2D eigenvalue weighted by molar-refractivity contribution is 6.32. The van der Waals surface area contributed by atoms with Crippen LogP contribution in [-0.4, -0.2) is 29.6 Å². The molecule has 114 valence electrons. The Morgan fingerprint density at radius 1 is 1.38 bits per heavy atom. The average molecular weight is 312 g/mol. The lowest BCUT2D eigenvalue weighted by Gasteiger charge is -2.13. The Hall–Kier alpha value is -1.75. The summed E-state index contributed by atoms with van der Waals surface area (Å²) in [6, 6.07) is 6.38. The normalized spacial score (nSPS) is 15.3. The number of para-hydroxylation sites is 1. The van der Waals surface area contributed by atoms with Gasteiger partial charge in [0.25, 0.3) is 0 Å². The van der Waals surface area contributed by atoms with Crippen molar-refractivity contribution in [3.63, 3.8) is 0 Å². The van der Waals surface area contributed by atoms with Gasteiger partial charge >= 0.3 is 5.97 Å². The van der Waals surface area contributed by atoms with E-state index in [4.69, 9.17) is 21.4 Å². The average Bonchev–Trinajstić information content (AvgIpc) is 3.27. The Balaban J connectivity index is 1.67. The van der Waals surface area contributed by atoms with Crippen molar-refractivity contribution in [2.24, 2.45) is 5.92 Å². The highest BCUT2D eigenvalue weighted by atomic mass is 35.5. The van der Waals surface area contributed by atoms with Crippen molar-refractivity contribution >= 4 is 23.5 Å². The lowest BCUT2D eigenvalue weighted by molar-refractivity contribution is -0.142. The molecule has 1 aliphatic carbocycles. The molecular formula is C15H18ClNO4. The molecule has 0 aromatic heterocycles. The van der Waals surface area contributed by atoms with Crippen LogP contribution < -0.4 is 10.1 Å². The fourth-order valence-electron chi connectivity index (χ4n) is 2.03. The first kappa shape index (κ1) is 15.6. The van der Waals surface area contributed by atoms with E-state index < -0.39 is 12.0 Å². The van der Waals surface area contributed by atoms with Crippen LogP contribution in [0.15, 0.2) is 24.3 Å². The summed E-state index contributed by atoms with van der Waals surface area (Å²) >= 11 is 5.94. The van der Waals surface area contributed by atoms with Crippen LogP contribution in [0.5, 0.6) is 5.75 Å². The van der Waals surface area contributed by atoms with E-state index in [0.717, 1.165) is 12.8 Å². The molecule has 5 nitrogen and oxygen atoms in total.